The van der Waals surface area contributed by atoms with Crippen molar-refractivity contribution < 1.29 is 80.8 Å². The summed E-state index contributed by atoms with van der Waals surface area (Å²) in [7, 11) is 0. The van der Waals surface area contributed by atoms with E-state index in [4.69, 9.17) is 13.7 Å². The number of aryl methyl sites for hydroxylation is 2. The van der Waals surface area contributed by atoms with Gasteiger partial charge < -0.3 is 10.2 Å². The van der Waals surface area contributed by atoms with Crippen molar-refractivity contribution in [1.29, 1.82) is 0 Å². The van der Waals surface area contributed by atoms with Crippen molar-refractivity contribution in [3.8, 4) is 0 Å². The van der Waals surface area contributed by atoms with Gasteiger partial charge in [-0.2, -0.15) is 52.7 Å². The summed E-state index contributed by atoms with van der Waals surface area (Å²) in [5.41, 5.74) is 4.39. The predicted octanol–water partition coefficient (Wildman–Crippen LogP) is 9.64. The van der Waals surface area contributed by atoms with Gasteiger partial charge in [0.1, 0.15) is 0 Å². The van der Waals surface area contributed by atoms with E-state index in [1.165, 1.54) is 49.7 Å². The maximum absolute atomic E-state index is 11.0. The Morgan fingerprint density at radius 2 is 1.12 bits per heavy atom. The normalized spacial score (nSPS) is 23.2. The number of rotatable bonds is 3. The fourth-order valence-electron chi connectivity index (χ4n) is 6.44. The zero-order valence-electron chi connectivity index (χ0n) is 27.6. The third-order valence-electron chi connectivity index (χ3n) is 8.41. The van der Waals surface area contributed by atoms with Crippen LogP contribution in [-0.4, -0.2) is 62.0 Å². The molecule has 4 nitrogen and oxygen atoms in total. The third-order valence-corrected chi connectivity index (χ3v) is 11.3. The molecule has 0 atom stereocenters. The molecule has 6 rings (SSSR count). The van der Waals surface area contributed by atoms with Crippen LogP contribution in [0.5, 0.6) is 0 Å². The number of aliphatic hydroxyl groups excluding tert-OH is 2. The average Bonchev–Trinajstić information content (AvgIpc) is 2.95. The molecule has 0 amide bonds. The molecule has 0 spiro atoms. The van der Waals surface area contributed by atoms with E-state index in [2.05, 4.69) is 66.6 Å². The molecule has 1 heterocycles. The Balaban J connectivity index is 0.000000261. The van der Waals surface area contributed by atoms with E-state index in [0.29, 0.717) is 5.54 Å². The summed E-state index contributed by atoms with van der Waals surface area (Å²) < 4.78 is 140. The van der Waals surface area contributed by atoms with E-state index in [0.717, 1.165) is 23.4 Å². The van der Waals surface area contributed by atoms with Gasteiger partial charge in [-0.05, 0) is 31.5 Å². The second-order valence-corrected chi connectivity index (χ2v) is 15.0. The van der Waals surface area contributed by atoms with Crippen LogP contribution < -0.4 is 0 Å². The maximum Gasteiger partial charge on any atom is 0.423 e. The first kappa shape index (κ1) is 44.0. The van der Waals surface area contributed by atoms with Gasteiger partial charge in [0.15, 0.2) is 0 Å². The standard InChI is InChI=1S/C10H15N.C10H12.C7H9N.2C3H2F6O.Mo/c11-10-4-7-1-8(5-10)3-9(2-7)6-10;1-10(2,3)9-7-5-4-6-8-9;1-6-3-4-8-7(2)5-6;2*4-2(5,6)1(10)3(7,8)9;/h7-9H,1-6H2;1,4-8H,2-3H3;3-5H,1-2H3;2*1,10H;. The maximum atomic E-state index is 11.0. The van der Waals surface area contributed by atoms with Crippen LogP contribution in [0.4, 0.5) is 52.7 Å². The Morgan fingerprint density at radius 3 is 1.42 bits per heavy atom. The fourth-order valence-corrected chi connectivity index (χ4v) is 8.65. The Labute approximate surface area is 290 Å². The average molecular weight is 821 g/mol. The van der Waals surface area contributed by atoms with Crippen LogP contribution in [0.25, 0.3) is 0 Å². The van der Waals surface area contributed by atoms with Gasteiger partial charge >= 0.3 is 167 Å². The molecular formula is C33H40F12MoN2O2. The smallest absolute Gasteiger partial charge is 0.377 e. The van der Waals surface area contributed by atoms with E-state index >= 15 is 0 Å². The van der Waals surface area contributed by atoms with Crippen molar-refractivity contribution in [2.24, 2.45) is 21.2 Å². The number of alkyl halides is 12. The monoisotopic (exact) mass is 822 g/mol. The molecule has 4 saturated carbocycles. The Bertz CT molecular complexity index is 1310. The minimum absolute atomic E-state index is 0.176. The summed E-state index contributed by atoms with van der Waals surface area (Å²) >= 11 is -0.353. The van der Waals surface area contributed by atoms with Crippen molar-refractivity contribution >= 4 is 4.40 Å². The van der Waals surface area contributed by atoms with E-state index in [1.54, 1.807) is 0 Å². The van der Waals surface area contributed by atoms with Crippen LogP contribution in [-0.2, 0) is 23.3 Å². The van der Waals surface area contributed by atoms with Crippen molar-refractivity contribution in [1.82, 2.24) is 4.98 Å². The number of pyridine rings is 1. The number of hydrogen-bond donors (Lipinski definition) is 2. The molecule has 4 bridgehead atoms. The third kappa shape index (κ3) is 14.1. The molecule has 17 heteroatoms. The summed E-state index contributed by atoms with van der Waals surface area (Å²) in [6.07, 6.45) is -20.3. The second kappa shape index (κ2) is 17.1. The van der Waals surface area contributed by atoms with Crippen molar-refractivity contribution in [2.75, 3.05) is 0 Å². The minimum Gasteiger partial charge on any atom is -0.377 e. The van der Waals surface area contributed by atoms with Crippen molar-refractivity contribution in [3.63, 3.8) is 0 Å². The molecule has 0 unspecified atom stereocenters. The van der Waals surface area contributed by atoms with Gasteiger partial charge in [-0.3, -0.25) is 4.98 Å². The second-order valence-electron chi connectivity index (χ2n) is 13.5. The first-order chi connectivity index (χ1) is 22.6. The molecule has 2 aromatic rings. The Hall–Kier alpha value is -2.19. The van der Waals surface area contributed by atoms with Crippen LogP contribution in [0, 0.1) is 31.6 Å². The fraction of sp³-hybridized carbons (Fsp3) is 0.636. The molecule has 1 aromatic heterocycles. The molecule has 0 radical (unpaired) electrons. The predicted molar refractivity (Wildman–Crippen MR) is 159 cm³/mol. The SMILES string of the molecule is CC(C)([CH]=[Mo]=[N]C12CC3CC(CC(C3)C1)C2)c1ccccc1.Cc1ccnc(C)c1.OC(C(F)(F)F)C(F)(F)F.OC(C(F)(F)F)C(F)(F)F. The molecule has 50 heavy (non-hydrogen) atoms. The molecule has 0 saturated heterocycles. The van der Waals surface area contributed by atoms with E-state index < -0.39 is 36.9 Å². The minimum atomic E-state index is -5.63. The molecule has 4 aliphatic rings. The van der Waals surface area contributed by atoms with E-state index in [-0.39, 0.29) is 23.3 Å². The zero-order chi connectivity index (χ0) is 38.3. The van der Waals surface area contributed by atoms with Crippen LogP contribution >= 0.6 is 0 Å². The van der Waals surface area contributed by atoms with Gasteiger partial charge in [0, 0.05) is 11.9 Å². The summed E-state index contributed by atoms with van der Waals surface area (Å²) in [6.45, 7) is 8.76. The van der Waals surface area contributed by atoms with Gasteiger partial charge in [-0.1, -0.05) is 0 Å². The Kier molecular flexibility index (Phi) is 15.0. The summed E-state index contributed by atoms with van der Waals surface area (Å²) in [6, 6.07) is 15.0. The number of nitrogens with zero attached hydrogens (tertiary/aromatic N) is 2. The summed E-state index contributed by atoms with van der Waals surface area (Å²) in [4.78, 5) is 4.04. The Morgan fingerprint density at radius 1 is 0.720 bits per heavy atom. The number of halogens is 12. The van der Waals surface area contributed by atoms with Crippen molar-refractivity contribution in [2.45, 2.75) is 114 Å². The first-order valence-corrected chi connectivity index (χ1v) is 17.5. The molecule has 4 fully saturated rings. The number of benzene rings is 1. The number of aromatic nitrogens is 1. The molecule has 0 aliphatic heterocycles. The van der Waals surface area contributed by atoms with Gasteiger partial charge in [0.05, 0.1) is 0 Å². The van der Waals surface area contributed by atoms with E-state index in [9.17, 15) is 52.7 Å². The largest absolute Gasteiger partial charge is 0.423 e. The first-order valence-electron chi connectivity index (χ1n) is 15.4. The van der Waals surface area contributed by atoms with Crippen LogP contribution in [0.3, 0.4) is 0 Å². The molecule has 4 aliphatic carbocycles. The van der Waals surface area contributed by atoms with Crippen LogP contribution in [0.1, 0.15) is 69.2 Å². The van der Waals surface area contributed by atoms with Gasteiger partial charge in [-0.15, -0.1) is 0 Å². The number of aliphatic hydroxyl groups is 2. The van der Waals surface area contributed by atoms with E-state index in [1.807, 2.05) is 19.2 Å². The molecule has 284 valence electrons. The molecule has 2 N–H and O–H groups in total. The molecule has 1 aromatic carbocycles. The topological polar surface area (TPSA) is 65.7 Å². The van der Waals surface area contributed by atoms with Crippen LogP contribution in [0.2, 0.25) is 0 Å². The quantitative estimate of drug-likeness (QED) is 0.240. The molecular weight excluding hydrogens is 780 g/mol. The summed E-state index contributed by atoms with van der Waals surface area (Å²) in [5, 5.41) is 14.9. The zero-order valence-corrected chi connectivity index (χ0v) is 29.6. The van der Waals surface area contributed by atoms with Gasteiger partial charge in [0.25, 0.3) is 0 Å². The number of hydrogen-bond acceptors (Lipinski definition) is 4. The van der Waals surface area contributed by atoms with Gasteiger partial charge in [-0.25, -0.2) is 0 Å². The summed E-state index contributed by atoms with van der Waals surface area (Å²) in [5.74, 6) is 3.05. The van der Waals surface area contributed by atoms with Crippen molar-refractivity contribution in [3.05, 3.63) is 65.5 Å². The van der Waals surface area contributed by atoms with Gasteiger partial charge in [0.2, 0.25) is 12.2 Å². The van der Waals surface area contributed by atoms with Crippen LogP contribution in [0.15, 0.2) is 52.2 Å².